The van der Waals surface area contributed by atoms with Gasteiger partial charge in [-0.3, -0.25) is 9.59 Å². The van der Waals surface area contributed by atoms with Gasteiger partial charge in [0.2, 0.25) is 0 Å². The summed E-state index contributed by atoms with van der Waals surface area (Å²) in [4.78, 5) is 23.1. The van der Waals surface area contributed by atoms with Gasteiger partial charge in [0.1, 0.15) is 6.29 Å². The number of aldehydes is 1. The molecule has 0 saturated carbocycles. The second kappa shape index (κ2) is 7.27. The van der Waals surface area contributed by atoms with Gasteiger partial charge < -0.3 is 10.4 Å². The second-order valence-corrected chi connectivity index (χ2v) is 5.88. The third-order valence-electron chi connectivity index (χ3n) is 4.14. The third-order valence-corrected chi connectivity index (χ3v) is 4.14. The van der Waals surface area contributed by atoms with Crippen LogP contribution in [0.5, 0.6) is 0 Å². The smallest absolute Gasteiger partial charge is 0.369 e. The zero-order valence-electron chi connectivity index (χ0n) is 14.2. The van der Waals surface area contributed by atoms with Gasteiger partial charge >= 0.3 is 12.4 Å². The van der Waals surface area contributed by atoms with Crippen LogP contribution < -0.4 is 5.32 Å². The van der Waals surface area contributed by atoms with Crippen molar-refractivity contribution in [2.45, 2.75) is 24.9 Å². The van der Waals surface area contributed by atoms with E-state index >= 15 is 0 Å². The van der Waals surface area contributed by atoms with E-state index in [1.807, 2.05) is 0 Å². The highest BCUT2D eigenvalue weighted by Gasteiger charge is 2.71. The number of nitrogens with one attached hydrogen (secondary N) is 1. The molecule has 2 N–H and O–H groups in total. The summed E-state index contributed by atoms with van der Waals surface area (Å²) in [6, 6.07) is 6.68. The van der Waals surface area contributed by atoms with Gasteiger partial charge in [0.25, 0.3) is 11.5 Å². The number of hydrogen-bond acceptors (Lipinski definition) is 3. The number of hydrogen-bond donors (Lipinski definition) is 2. The van der Waals surface area contributed by atoms with E-state index in [1.54, 1.807) is 6.92 Å². The average Bonchev–Trinajstić information content (AvgIpc) is 2.61. The van der Waals surface area contributed by atoms with Gasteiger partial charge in [-0.1, -0.05) is 24.3 Å². The fourth-order valence-corrected chi connectivity index (χ4v) is 2.46. The summed E-state index contributed by atoms with van der Waals surface area (Å²) in [6.07, 6.45) is -11.5. The van der Waals surface area contributed by atoms with Gasteiger partial charge in [-0.25, -0.2) is 0 Å². The van der Waals surface area contributed by atoms with Crippen LogP contribution in [0.1, 0.15) is 31.8 Å². The van der Waals surface area contributed by atoms with Crippen LogP contribution in [0.3, 0.4) is 0 Å². The molecule has 0 fully saturated rings. The van der Waals surface area contributed by atoms with Gasteiger partial charge in [-0.2, -0.15) is 26.3 Å². The Labute approximate surface area is 154 Å². The van der Waals surface area contributed by atoms with E-state index in [0.29, 0.717) is 29.5 Å². The number of halogens is 6. The lowest BCUT2D eigenvalue weighted by molar-refractivity contribution is -0.376. The SMILES string of the molecule is Cc1c(C=O)cccc1NC(=O)c1ccc(C(O)(C(F)(F)F)C(F)(F)F)cc1. The summed E-state index contributed by atoms with van der Waals surface area (Å²) in [5.41, 5.74) is -5.79. The van der Waals surface area contributed by atoms with Crippen molar-refractivity contribution in [1.29, 1.82) is 0 Å². The molecule has 0 bridgehead atoms. The third kappa shape index (κ3) is 3.72. The van der Waals surface area contributed by atoms with Crippen LogP contribution in [0.2, 0.25) is 0 Å². The molecular formula is C18H13F6NO3. The normalized spacial score (nSPS) is 12.6. The highest BCUT2D eigenvalue weighted by molar-refractivity contribution is 6.05. The Balaban J connectivity index is 2.34. The number of alkyl halides is 6. The Hall–Kier alpha value is -2.88. The first-order valence-corrected chi connectivity index (χ1v) is 7.65. The van der Waals surface area contributed by atoms with Crippen molar-refractivity contribution in [3.8, 4) is 0 Å². The van der Waals surface area contributed by atoms with E-state index < -0.39 is 29.4 Å². The molecule has 0 aliphatic carbocycles. The van der Waals surface area contributed by atoms with E-state index in [2.05, 4.69) is 5.32 Å². The monoisotopic (exact) mass is 405 g/mol. The van der Waals surface area contributed by atoms with Crippen LogP contribution in [0, 0.1) is 6.92 Å². The molecule has 2 rings (SSSR count). The Bertz CT molecular complexity index is 874. The fourth-order valence-electron chi connectivity index (χ4n) is 2.46. The van der Waals surface area contributed by atoms with Gasteiger partial charge in [0.05, 0.1) is 0 Å². The summed E-state index contributed by atoms with van der Waals surface area (Å²) in [5, 5.41) is 11.7. The minimum absolute atomic E-state index is 0.244. The van der Waals surface area contributed by atoms with E-state index in [1.165, 1.54) is 18.2 Å². The van der Waals surface area contributed by atoms with Gasteiger partial charge in [-0.05, 0) is 30.7 Å². The zero-order chi connectivity index (χ0) is 21.3. The van der Waals surface area contributed by atoms with Gasteiger partial charge in [-0.15, -0.1) is 0 Å². The second-order valence-electron chi connectivity index (χ2n) is 5.88. The average molecular weight is 405 g/mol. The first-order valence-electron chi connectivity index (χ1n) is 7.65. The maximum atomic E-state index is 12.9. The molecule has 1 amide bonds. The standard InChI is InChI=1S/C18H13F6NO3/c1-10-12(9-26)3-2-4-14(10)25-15(27)11-5-7-13(8-6-11)16(28,17(19,20)21)18(22,23)24/h2-9,28H,1H3,(H,25,27). The molecule has 0 spiro atoms. The van der Waals surface area contributed by atoms with Crippen molar-refractivity contribution in [2.75, 3.05) is 5.32 Å². The number of anilines is 1. The number of carbonyl (C=O) groups is 2. The highest BCUT2D eigenvalue weighted by Crippen LogP contribution is 2.49. The molecule has 2 aromatic carbocycles. The maximum Gasteiger partial charge on any atom is 0.430 e. The van der Waals surface area contributed by atoms with Crippen molar-refractivity contribution in [3.63, 3.8) is 0 Å². The highest BCUT2D eigenvalue weighted by atomic mass is 19.4. The molecular weight excluding hydrogens is 392 g/mol. The van der Waals surface area contributed by atoms with Crippen molar-refractivity contribution < 1.29 is 41.0 Å². The lowest BCUT2D eigenvalue weighted by Crippen LogP contribution is -2.53. The van der Waals surface area contributed by atoms with Gasteiger partial charge in [0.15, 0.2) is 0 Å². The minimum atomic E-state index is -6.01. The zero-order valence-corrected chi connectivity index (χ0v) is 14.2. The van der Waals surface area contributed by atoms with Gasteiger partial charge in [0, 0.05) is 22.4 Å². The van der Waals surface area contributed by atoms with Crippen LogP contribution in [0.4, 0.5) is 32.0 Å². The minimum Gasteiger partial charge on any atom is -0.369 e. The quantitative estimate of drug-likeness (QED) is 0.587. The van der Waals surface area contributed by atoms with Crippen molar-refractivity contribution >= 4 is 17.9 Å². The van der Waals surface area contributed by atoms with Crippen LogP contribution >= 0.6 is 0 Å². The molecule has 0 radical (unpaired) electrons. The predicted octanol–water partition coefficient (Wildman–Crippen LogP) is 4.37. The summed E-state index contributed by atoms with van der Waals surface area (Å²) < 4.78 is 77.2. The molecule has 4 nitrogen and oxygen atoms in total. The molecule has 2 aromatic rings. The lowest BCUT2D eigenvalue weighted by Gasteiger charge is -2.32. The number of carbonyl (C=O) groups excluding carboxylic acids is 2. The number of amides is 1. The number of rotatable bonds is 4. The summed E-state index contributed by atoms with van der Waals surface area (Å²) in [7, 11) is 0. The number of aliphatic hydroxyl groups is 1. The molecule has 150 valence electrons. The molecule has 0 aromatic heterocycles. The maximum absolute atomic E-state index is 12.9. The summed E-state index contributed by atoms with van der Waals surface area (Å²) in [6.45, 7) is 1.55. The predicted molar refractivity (Wildman–Crippen MR) is 87.0 cm³/mol. The van der Waals surface area contributed by atoms with Crippen LogP contribution in [-0.4, -0.2) is 29.7 Å². The van der Waals surface area contributed by atoms with E-state index in [4.69, 9.17) is 0 Å². The molecule has 0 aliphatic heterocycles. The summed E-state index contributed by atoms with van der Waals surface area (Å²) >= 11 is 0. The number of benzene rings is 2. The van der Waals surface area contributed by atoms with E-state index in [9.17, 15) is 41.0 Å². The first kappa shape index (κ1) is 21.4. The molecule has 0 unspecified atom stereocenters. The molecule has 0 atom stereocenters. The topological polar surface area (TPSA) is 66.4 Å². The Morgan fingerprint density at radius 3 is 1.96 bits per heavy atom. The molecule has 0 aliphatic rings. The van der Waals surface area contributed by atoms with E-state index in [-0.39, 0.29) is 11.3 Å². The van der Waals surface area contributed by atoms with Crippen molar-refractivity contribution in [3.05, 3.63) is 64.7 Å². The summed E-state index contributed by atoms with van der Waals surface area (Å²) in [5.74, 6) is -0.819. The Morgan fingerprint density at radius 2 is 1.50 bits per heavy atom. The van der Waals surface area contributed by atoms with Crippen LogP contribution in [0.15, 0.2) is 42.5 Å². The molecule has 28 heavy (non-hydrogen) atoms. The van der Waals surface area contributed by atoms with Crippen molar-refractivity contribution in [2.24, 2.45) is 0 Å². The van der Waals surface area contributed by atoms with Crippen LogP contribution in [-0.2, 0) is 5.60 Å². The fraction of sp³-hybridized carbons (Fsp3) is 0.222. The molecule has 0 heterocycles. The Kier molecular flexibility index (Phi) is 5.56. The first-order chi connectivity index (χ1) is 12.8. The largest absolute Gasteiger partial charge is 0.430 e. The van der Waals surface area contributed by atoms with E-state index in [0.717, 1.165) is 12.1 Å². The van der Waals surface area contributed by atoms with Crippen LogP contribution in [0.25, 0.3) is 0 Å². The molecule has 0 saturated heterocycles. The molecule has 10 heteroatoms. The Morgan fingerprint density at radius 1 is 0.964 bits per heavy atom. The lowest BCUT2D eigenvalue weighted by atomic mass is 9.91. The van der Waals surface area contributed by atoms with Crippen molar-refractivity contribution in [1.82, 2.24) is 0 Å².